The summed E-state index contributed by atoms with van der Waals surface area (Å²) in [6.07, 6.45) is 0. The van der Waals surface area contributed by atoms with Crippen LogP contribution in [0.15, 0.2) is 45.8 Å². The summed E-state index contributed by atoms with van der Waals surface area (Å²) in [5.74, 6) is -0.926. The van der Waals surface area contributed by atoms with E-state index in [2.05, 4.69) is 20.7 Å². The Labute approximate surface area is 129 Å². The molecular weight excluding hydrogens is 361 g/mol. The van der Waals surface area contributed by atoms with Gasteiger partial charge in [0.05, 0.1) is 16.1 Å². The van der Waals surface area contributed by atoms with E-state index < -0.39 is 20.7 Å². The third kappa shape index (κ3) is 3.32. The molecule has 0 saturated carbocycles. The summed E-state index contributed by atoms with van der Waals surface area (Å²) in [6.45, 7) is 0. The number of nitrogens with one attached hydrogen (secondary N) is 1. The first-order chi connectivity index (χ1) is 9.83. The smallest absolute Gasteiger partial charge is 0.264 e. The van der Waals surface area contributed by atoms with Crippen LogP contribution in [0.2, 0.25) is 0 Å². The van der Waals surface area contributed by atoms with Crippen LogP contribution in [0.1, 0.15) is 5.56 Å². The lowest BCUT2D eigenvalue weighted by Gasteiger charge is -2.10. The Hall–Kier alpha value is -2.11. The summed E-state index contributed by atoms with van der Waals surface area (Å²) in [4.78, 5) is -0.557. The molecule has 3 N–H and O–H groups in total. The third-order valence-electron chi connectivity index (χ3n) is 2.57. The van der Waals surface area contributed by atoms with Crippen LogP contribution >= 0.6 is 15.9 Å². The molecule has 2 aromatic carbocycles. The number of hydrogen-bond acceptors (Lipinski definition) is 4. The van der Waals surface area contributed by atoms with Crippen molar-refractivity contribution >= 4 is 37.3 Å². The molecule has 0 aliphatic rings. The fourth-order valence-electron chi connectivity index (χ4n) is 1.60. The maximum absolute atomic E-state index is 13.9. The van der Waals surface area contributed by atoms with Crippen molar-refractivity contribution in [2.75, 3.05) is 10.5 Å². The lowest BCUT2D eigenvalue weighted by molar-refractivity contribution is 0.567. The van der Waals surface area contributed by atoms with E-state index in [9.17, 15) is 12.8 Å². The minimum atomic E-state index is -4.13. The van der Waals surface area contributed by atoms with Gasteiger partial charge in [0.2, 0.25) is 0 Å². The maximum atomic E-state index is 13.9. The molecule has 108 valence electrons. The van der Waals surface area contributed by atoms with Crippen LogP contribution in [-0.4, -0.2) is 8.42 Å². The second-order valence-corrected chi connectivity index (χ2v) is 6.61. The average molecular weight is 370 g/mol. The standard InChI is InChI=1S/C13H9BrFN3O2S/c14-11-5-9(17)6-12(13(11)15)21(19,20)18-10-3-1-8(7-16)2-4-10/h1-6,18H,17H2. The monoisotopic (exact) mass is 369 g/mol. The predicted molar refractivity (Wildman–Crippen MR) is 80.5 cm³/mol. The SMILES string of the molecule is N#Cc1ccc(NS(=O)(=O)c2cc(N)cc(Br)c2F)cc1. The second-order valence-electron chi connectivity index (χ2n) is 4.11. The molecule has 2 rings (SSSR count). The molecule has 5 nitrogen and oxygen atoms in total. The first kappa shape index (κ1) is 15.3. The van der Waals surface area contributed by atoms with E-state index in [1.807, 2.05) is 6.07 Å². The van der Waals surface area contributed by atoms with Crippen LogP contribution in [0.3, 0.4) is 0 Å². The molecule has 21 heavy (non-hydrogen) atoms. The van der Waals surface area contributed by atoms with E-state index in [1.165, 1.54) is 30.3 Å². The normalized spacial score (nSPS) is 10.9. The molecule has 0 aromatic heterocycles. The average Bonchev–Trinajstić information content (AvgIpc) is 2.43. The van der Waals surface area contributed by atoms with Gasteiger partial charge in [-0.05, 0) is 52.3 Å². The van der Waals surface area contributed by atoms with Crippen molar-refractivity contribution in [3.63, 3.8) is 0 Å². The Morgan fingerprint density at radius 2 is 1.86 bits per heavy atom. The lowest BCUT2D eigenvalue weighted by atomic mass is 10.2. The molecule has 0 unspecified atom stereocenters. The molecule has 0 bridgehead atoms. The molecule has 0 radical (unpaired) electrons. The zero-order chi connectivity index (χ0) is 15.6. The molecular formula is C13H9BrFN3O2S. The van der Waals surface area contributed by atoms with Gasteiger partial charge in [0, 0.05) is 11.4 Å². The minimum Gasteiger partial charge on any atom is -0.399 e. The summed E-state index contributed by atoms with van der Waals surface area (Å²) in [5, 5.41) is 8.68. The number of anilines is 2. The zero-order valence-electron chi connectivity index (χ0n) is 10.5. The third-order valence-corrected chi connectivity index (χ3v) is 4.53. The topological polar surface area (TPSA) is 96.0 Å². The van der Waals surface area contributed by atoms with Gasteiger partial charge < -0.3 is 5.73 Å². The molecule has 0 saturated heterocycles. The van der Waals surface area contributed by atoms with Gasteiger partial charge in [0.15, 0.2) is 5.82 Å². The number of halogens is 2. The quantitative estimate of drug-likeness (QED) is 0.812. The minimum absolute atomic E-state index is 0.0392. The van der Waals surface area contributed by atoms with Crippen LogP contribution in [0.4, 0.5) is 15.8 Å². The van der Waals surface area contributed by atoms with Gasteiger partial charge in [0.1, 0.15) is 4.90 Å². The highest BCUT2D eigenvalue weighted by molar-refractivity contribution is 9.10. The van der Waals surface area contributed by atoms with Crippen molar-refractivity contribution in [1.29, 1.82) is 5.26 Å². The zero-order valence-corrected chi connectivity index (χ0v) is 12.9. The molecule has 0 atom stereocenters. The molecule has 0 aliphatic heterocycles. The van der Waals surface area contributed by atoms with Gasteiger partial charge in [-0.15, -0.1) is 0 Å². The van der Waals surface area contributed by atoms with Gasteiger partial charge in [0.25, 0.3) is 10.0 Å². The number of nitrogen functional groups attached to an aromatic ring is 1. The van der Waals surface area contributed by atoms with Crippen LogP contribution in [0, 0.1) is 17.1 Å². The number of nitrogens with zero attached hydrogens (tertiary/aromatic N) is 1. The van der Waals surface area contributed by atoms with E-state index in [4.69, 9.17) is 11.0 Å². The Kier molecular flexibility index (Phi) is 4.16. The van der Waals surface area contributed by atoms with Gasteiger partial charge in [-0.2, -0.15) is 5.26 Å². The molecule has 8 heteroatoms. The fourth-order valence-corrected chi connectivity index (χ4v) is 3.40. The summed E-state index contributed by atoms with van der Waals surface area (Å²) in [5.41, 5.74) is 6.25. The van der Waals surface area contributed by atoms with Gasteiger partial charge in [-0.3, -0.25) is 4.72 Å². The lowest BCUT2D eigenvalue weighted by Crippen LogP contribution is -2.15. The molecule has 2 aromatic rings. The van der Waals surface area contributed by atoms with Crippen molar-refractivity contribution in [1.82, 2.24) is 0 Å². The highest BCUT2D eigenvalue weighted by Crippen LogP contribution is 2.27. The highest BCUT2D eigenvalue weighted by atomic mass is 79.9. The number of sulfonamides is 1. The Morgan fingerprint density at radius 3 is 2.43 bits per heavy atom. The van der Waals surface area contributed by atoms with E-state index in [0.29, 0.717) is 5.56 Å². The predicted octanol–water partition coefficient (Wildman–Crippen LogP) is 2.84. The number of nitriles is 1. The van der Waals surface area contributed by atoms with Crippen molar-refractivity contribution in [2.24, 2.45) is 0 Å². The van der Waals surface area contributed by atoms with E-state index in [1.54, 1.807) is 0 Å². The number of nitrogens with two attached hydrogens (primary N) is 1. The second kappa shape index (κ2) is 5.71. The van der Waals surface area contributed by atoms with Gasteiger partial charge in [-0.25, -0.2) is 12.8 Å². The van der Waals surface area contributed by atoms with Crippen LogP contribution in [0.25, 0.3) is 0 Å². The van der Waals surface area contributed by atoms with E-state index in [-0.39, 0.29) is 15.8 Å². The Balaban J connectivity index is 2.41. The van der Waals surface area contributed by atoms with Gasteiger partial charge in [-0.1, -0.05) is 0 Å². The Morgan fingerprint density at radius 1 is 1.24 bits per heavy atom. The molecule has 0 fully saturated rings. The highest BCUT2D eigenvalue weighted by Gasteiger charge is 2.22. The van der Waals surface area contributed by atoms with Crippen molar-refractivity contribution in [3.05, 3.63) is 52.3 Å². The van der Waals surface area contributed by atoms with E-state index >= 15 is 0 Å². The summed E-state index contributed by atoms with van der Waals surface area (Å²) in [7, 11) is -4.13. The maximum Gasteiger partial charge on any atom is 0.264 e. The van der Waals surface area contributed by atoms with Crippen LogP contribution in [0.5, 0.6) is 0 Å². The molecule has 0 aliphatic carbocycles. The van der Waals surface area contributed by atoms with E-state index in [0.717, 1.165) is 6.07 Å². The largest absolute Gasteiger partial charge is 0.399 e. The van der Waals surface area contributed by atoms with Crippen LogP contribution < -0.4 is 10.5 Å². The first-order valence-corrected chi connectivity index (χ1v) is 7.88. The fraction of sp³-hybridized carbons (Fsp3) is 0. The van der Waals surface area contributed by atoms with Crippen LogP contribution in [-0.2, 0) is 10.0 Å². The summed E-state index contributed by atoms with van der Waals surface area (Å²) in [6, 6.07) is 9.94. The molecule has 0 spiro atoms. The van der Waals surface area contributed by atoms with Gasteiger partial charge >= 0.3 is 0 Å². The summed E-state index contributed by atoms with van der Waals surface area (Å²) >= 11 is 2.91. The van der Waals surface area contributed by atoms with Crippen molar-refractivity contribution in [2.45, 2.75) is 4.90 Å². The van der Waals surface area contributed by atoms with Crippen molar-refractivity contribution < 1.29 is 12.8 Å². The number of benzene rings is 2. The molecule has 0 amide bonds. The summed E-state index contributed by atoms with van der Waals surface area (Å²) < 4.78 is 40.5. The number of rotatable bonds is 3. The molecule has 0 heterocycles. The van der Waals surface area contributed by atoms with Crippen molar-refractivity contribution in [3.8, 4) is 6.07 Å². The number of hydrogen-bond donors (Lipinski definition) is 2. The first-order valence-electron chi connectivity index (χ1n) is 5.61. The Bertz CT molecular complexity index is 830.